The molecule has 0 saturated carbocycles. The zero-order valence-electron chi connectivity index (χ0n) is 15.2. The summed E-state index contributed by atoms with van der Waals surface area (Å²) in [6.45, 7) is 6.09. The predicted octanol–water partition coefficient (Wildman–Crippen LogP) is 4.76. The van der Waals surface area contributed by atoms with Gasteiger partial charge in [-0.3, -0.25) is 4.79 Å². The van der Waals surface area contributed by atoms with Crippen molar-refractivity contribution in [3.63, 3.8) is 0 Å². The van der Waals surface area contributed by atoms with E-state index in [1.54, 1.807) is 12.1 Å². The highest BCUT2D eigenvalue weighted by Gasteiger charge is 2.31. The SMILES string of the molecule is CCCC(C)(CC)C(=O)OCCOC(=O)c1ccc2ccccc2c1. The van der Waals surface area contributed by atoms with Crippen LogP contribution in [0.2, 0.25) is 0 Å². The third-order valence-electron chi connectivity index (χ3n) is 4.61. The van der Waals surface area contributed by atoms with Gasteiger partial charge in [-0.05, 0) is 42.7 Å². The summed E-state index contributed by atoms with van der Waals surface area (Å²) in [7, 11) is 0. The van der Waals surface area contributed by atoms with E-state index in [-0.39, 0.29) is 19.2 Å². The van der Waals surface area contributed by atoms with E-state index in [0.29, 0.717) is 5.56 Å². The highest BCUT2D eigenvalue weighted by Crippen LogP contribution is 2.28. The van der Waals surface area contributed by atoms with Crippen LogP contribution in [0.4, 0.5) is 0 Å². The molecular formula is C21H26O4. The van der Waals surface area contributed by atoms with Crippen LogP contribution < -0.4 is 0 Å². The minimum Gasteiger partial charge on any atom is -0.462 e. The first-order chi connectivity index (χ1) is 12.0. The van der Waals surface area contributed by atoms with E-state index >= 15 is 0 Å². The molecule has 25 heavy (non-hydrogen) atoms. The number of benzene rings is 2. The topological polar surface area (TPSA) is 52.6 Å². The summed E-state index contributed by atoms with van der Waals surface area (Å²) >= 11 is 0. The first-order valence-corrected chi connectivity index (χ1v) is 8.83. The molecule has 0 fully saturated rings. The lowest BCUT2D eigenvalue weighted by molar-refractivity contribution is -0.156. The number of rotatable bonds is 8. The molecule has 1 atom stereocenters. The van der Waals surface area contributed by atoms with Crippen LogP contribution in [-0.4, -0.2) is 25.2 Å². The van der Waals surface area contributed by atoms with Crippen molar-refractivity contribution < 1.29 is 19.1 Å². The molecule has 2 aromatic rings. The van der Waals surface area contributed by atoms with Gasteiger partial charge in [-0.25, -0.2) is 4.79 Å². The molecule has 0 N–H and O–H groups in total. The molecule has 0 bridgehead atoms. The minimum absolute atomic E-state index is 0.0588. The number of fused-ring (bicyclic) bond motifs is 1. The van der Waals surface area contributed by atoms with Gasteiger partial charge in [0.2, 0.25) is 0 Å². The maximum atomic E-state index is 12.2. The monoisotopic (exact) mass is 342 g/mol. The second kappa shape index (κ2) is 8.65. The Morgan fingerprint density at radius 2 is 1.64 bits per heavy atom. The second-order valence-electron chi connectivity index (χ2n) is 6.50. The van der Waals surface area contributed by atoms with E-state index < -0.39 is 11.4 Å². The molecule has 0 saturated heterocycles. The van der Waals surface area contributed by atoms with Crippen LogP contribution in [0.5, 0.6) is 0 Å². The molecule has 0 aliphatic carbocycles. The quantitative estimate of drug-likeness (QED) is 0.513. The zero-order chi connectivity index (χ0) is 18.3. The summed E-state index contributed by atoms with van der Waals surface area (Å²) in [5.41, 5.74) is 0.0336. The Morgan fingerprint density at radius 1 is 0.960 bits per heavy atom. The van der Waals surface area contributed by atoms with Gasteiger partial charge in [0.15, 0.2) is 0 Å². The highest BCUT2D eigenvalue weighted by molar-refractivity contribution is 5.95. The Balaban J connectivity index is 1.84. The maximum Gasteiger partial charge on any atom is 0.338 e. The molecule has 0 radical (unpaired) electrons. The van der Waals surface area contributed by atoms with Crippen molar-refractivity contribution in [3.8, 4) is 0 Å². The van der Waals surface area contributed by atoms with Crippen LogP contribution >= 0.6 is 0 Å². The number of carbonyl (C=O) groups excluding carboxylic acids is 2. The summed E-state index contributed by atoms with van der Waals surface area (Å²) in [6, 6.07) is 13.3. The zero-order valence-corrected chi connectivity index (χ0v) is 15.2. The van der Waals surface area contributed by atoms with Crippen molar-refractivity contribution in [2.24, 2.45) is 5.41 Å². The largest absolute Gasteiger partial charge is 0.462 e. The van der Waals surface area contributed by atoms with E-state index in [0.717, 1.165) is 30.0 Å². The Labute approximate surface area is 149 Å². The summed E-state index contributed by atoms with van der Waals surface area (Å²) < 4.78 is 10.5. The van der Waals surface area contributed by atoms with Gasteiger partial charge >= 0.3 is 11.9 Å². The van der Waals surface area contributed by atoms with Crippen LogP contribution in [0.25, 0.3) is 10.8 Å². The van der Waals surface area contributed by atoms with E-state index in [9.17, 15) is 9.59 Å². The van der Waals surface area contributed by atoms with E-state index in [1.165, 1.54) is 0 Å². The Bertz CT molecular complexity index is 738. The average molecular weight is 342 g/mol. The smallest absolute Gasteiger partial charge is 0.338 e. The van der Waals surface area contributed by atoms with Crippen LogP contribution in [-0.2, 0) is 14.3 Å². The van der Waals surface area contributed by atoms with Gasteiger partial charge in [-0.15, -0.1) is 0 Å². The molecule has 0 heterocycles. The second-order valence-corrected chi connectivity index (χ2v) is 6.50. The van der Waals surface area contributed by atoms with E-state index in [2.05, 4.69) is 0 Å². The lowest BCUT2D eigenvalue weighted by Gasteiger charge is -2.25. The van der Waals surface area contributed by atoms with Crippen molar-refractivity contribution in [2.75, 3.05) is 13.2 Å². The van der Waals surface area contributed by atoms with Gasteiger partial charge in [0, 0.05) is 0 Å². The molecule has 2 rings (SSSR count). The number of hydrogen-bond donors (Lipinski definition) is 0. The Hall–Kier alpha value is -2.36. The van der Waals surface area contributed by atoms with Gasteiger partial charge in [0.1, 0.15) is 13.2 Å². The molecule has 0 aromatic heterocycles. The van der Waals surface area contributed by atoms with Crippen LogP contribution in [0.15, 0.2) is 42.5 Å². The van der Waals surface area contributed by atoms with E-state index in [1.807, 2.05) is 51.1 Å². The summed E-state index contributed by atoms with van der Waals surface area (Å²) in [5, 5.41) is 2.06. The number of carbonyl (C=O) groups is 2. The van der Waals surface area contributed by atoms with Gasteiger partial charge in [0.05, 0.1) is 11.0 Å². The molecule has 0 spiro atoms. The molecule has 2 aromatic carbocycles. The van der Waals surface area contributed by atoms with E-state index in [4.69, 9.17) is 9.47 Å². The first-order valence-electron chi connectivity index (χ1n) is 8.83. The molecule has 0 amide bonds. The van der Waals surface area contributed by atoms with Crippen LogP contribution in [0.3, 0.4) is 0 Å². The third kappa shape index (κ3) is 4.81. The average Bonchev–Trinajstić information content (AvgIpc) is 2.64. The molecule has 134 valence electrons. The molecular weight excluding hydrogens is 316 g/mol. The van der Waals surface area contributed by atoms with Crippen molar-refractivity contribution in [1.82, 2.24) is 0 Å². The first kappa shape index (κ1) is 19.0. The standard InChI is InChI=1S/C21H26O4/c1-4-12-21(3,5-2)20(23)25-14-13-24-19(22)18-11-10-16-8-6-7-9-17(16)15-18/h6-11,15H,4-5,12-14H2,1-3H3. The minimum atomic E-state index is -0.461. The van der Waals surface area contributed by atoms with Crippen LogP contribution in [0, 0.1) is 5.41 Å². The molecule has 0 aliphatic rings. The molecule has 4 heteroatoms. The molecule has 1 unspecified atom stereocenters. The Morgan fingerprint density at radius 3 is 2.32 bits per heavy atom. The molecule has 4 nitrogen and oxygen atoms in total. The predicted molar refractivity (Wildman–Crippen MR) is 98.5 cm³/mol. The van der Waals surface area contributed by atoms with Crippen molar-refractivity contribution in [3.05, 3.63) is 48.0 Å². The number of hydrogen-bond acceptors (Lipinski definition) is 4. The van der Waals surface area contributed by atoms with Gasteiger partial charge in [0.25, 0.3) is 0 Å². The lowest BCUT2D eigenvalue weighted by atomic mass is 9.83. The Kier molecular flexibility index (Phi) is 6.57. The number of esters is 2. The normalized spacial score (nSPS) is 13.2. The summed E-state index contributed by atoms with van der Waals surface area (Å²) in [4.78, 5) is 24.3. The van der Waals surface area contributed by atoms with Crippen LogP contribution in [0.1, 0.15) is 50.4 Å². The van der Waals surface area contributed by atoms with Crippen molar-refractivity contribution >= 4 is 22.7 Å². The highest BCUT2D eigenvalue weighted by atomic mass is 16.6. The summed E-state index contributed by atoms with van der Waals surface area (Å²) in [5.74, 6) is -0.632. The lowest BCUT2D eigenvalue weighted by Crippen LogP contribution is -2.30. The summed E-state index contributed by atoms with van der Waals surface area (Å²) in [6.07, 6.45) is 2.45. The van der Waals surface area contributed by atoms with Crippen molar-refractivity contribution in [1.29, 1.82) is 0 Å². The van der Waals surface area contributed by atoms with Gasteiger partial charge < -0.3 is 9.47 Å². The third-order valence-corrected chi connectivity index (χ3v) is 4.61. The van der Waals surface area contributed by atoms with Gasteiger partial charge in [-0.1, -0.05) is 50.6 Å². The van der Waals surface area contributed by atoms with Crippen molar-refractivity contribution in [2.45, 2.75) is 40.0 Å². The van der Waals surface area contributed by atoms with Gasteiger partial charge in [-0.2, -0.15) is 0 Å². The number of ether oxygens (including phenoxy) is 2. The fraction of sp³-hybridized carbons (Fsp3) is 0.429. The fourth-order valence-electron chi connectivity index (χ4n) is 2.82. The fourth-order valence-corrected chi connectivity index (χ4v) is 2.82. The molecule has 0 aliphatic heterocycles. The maximum absolute atomic E-state index is 12.2.